The molecule has 0 spiro atoms. The number of aliphatic hydroxyl groups is 8. The zero-order chi connectivity index (χ0) is 44.2. The SMILES string of the molecule is CCCCCCCCC=CCCCCCCCCCCCCC(O)C(=O)NC(COC1OC(CO)C(O)C(O)C1O)C(O)C(O)C(O)C=CCCCCCCCCCCC. The average molecular weight is 858 g/mol. The molecule has 10 unspecified atom stereocenters. The van der Waals surface area contributed by atoms with Crippen molar-refractivity contribution in [1.29, 1.82) is 0 Å². The maximum atomic E-state index is 13.1. The van der Waals surface area contributed by atoms with E-state index in [4.69, 9.17) is 9.47 Å². The van der Waals surface area contributed by atoms with Crippen LogP contribution in [0.5, 0.6) is 0 Å². The lowest BCUT2D eigenvalue weighted by Crippen LogP contribution is -2.60. The van der Waals surface area contributed by atoms with Crippen molar-refractivity contribution in [3.63, 3.8) is 0 Å². The predicted octanol–water partition coefficient (Wildman–Crippen LogP) is 7.20. The molecule has 1 heterocycles. The fourth-order valence-electron chi connectivity index (χ4n) is 7.69. The summed E-state index contributed by atoms with van der Waals surface area (Å²) in [5.41, 5.74) is 0. The van der Waals surface area contributed by atoms with Crippen molar-refractivity contribution in [2.24, 2.45) is 0 Å². The number of ether oxygens (including phenoxy) is 2. The summed E-state index contributed by atoms with van der Waals surface area (Å²) in [4.78, 5) is 13.1. The van der Waals surface area contributed by atoms with E-state index in [1.807, 2.05) is 0 Å². The predicted molar refractivity (Wildman–Crippen MR) is 239 cm³/mol. The normalized spacial score (nSPS) is 22.3. The summed E-state index contributed by atoms with van der Waals surface area (Å²) in [6.07, 6.45) is 26.7. The molecule has 0 saturated carbocycles. The van der Waals surface area contributed by atoms with Gasteiger partial charge in [-0.2, -0.15) is 0 Å². The first-order chi connectivity index (χ1) is 29.1. The Kier molecular flexibility index (Phi) is 35.9. The van der Waals surface area contributed by atoms with Gasteiger partial charge < -0.3 is 55.6 Å². The molecule has 1 rings (SSSR count). The van der Waals surface area contributed by atoms with E-state index in [-0.39, 0.29) is 6.42 Å². The number of aliphatic hydroxyl groups excluding tert-OH is 8. The number of carbonyl (C=O) groups excluding carboxylic acids is 1. The molecule has 12 heteroatoms. The van der Waals surface area contributed by atoms with Crippen molar-refractivity contribution in [2.45, 2.75) is 261 Å². The first kappa shape index (κ1) is 56.6. The number of hydrogen-bond acceptors (Lipinski definition) is 11. The summed E-state index contributed by atoms with van der Waals surface area (Å²) >= 11 is 0. The van der Waals surface area contributed by atoms with Crippen molar-refractivity contribution in [3.05, 3.63) is 24.3 Å². The van der Waals surface area contributed by atoms with Gasteiger partial charge in [-0.3, -0.25) is 4.79 Å². The van der Waals surface area contributed by atoms with Gasteiger partial charge in [0.1, 0.15) is 48.8 Å². The molecule has 9 N–H and O–H groups in total. The molecule has 1 aliphatic rings. The van der Waals surface area contributed by atoms with Crippen LogP contribution in [0.4, 0.5) is 0 Å². The van der Waals surface area contributed by atoms with E-state index in [1.54, 1.807) is 6.08 Å². The second-order valence-electron chi connectivity index (χ2n) is 17.3. The molecule has 0 aromatic carbocycles. The highest BCUT2D eigenvalue weighted by Gasteiger charge is 2.45. The van der Waals surface area contributed by atoms with Crippen LogP contribution in [0.25, 0.3) is 0 Å². The molecule has 0 aliphatic carbocycles. The third kappa shape index (κ3) is 26.9. The Balaban J connectivity index is 2.47. The first-order valence-electron chi connectivity index (χ1n) is 24.3. The number of nitrogens with one attached hydrogen (secondary N) is 1. The van der Waals surface area contributed by atoms with Crippen molar-refractivity contribution in [1.82, 2.24) is 5.32 Å². The molecule has 60 heavy (non-hydrogen) atoms. The molecular weight excluding hydrogens is 767 g/mol. The molecule has 0 radical (unpaired) electrons. The summed E-state index contributed by atoms with van der Waals surface area (Å²) in [5.74, 6) is -0.799. The topological polar surface area (TPSA) is 209 Å². The van der Waals surface area contributed by atoms with Gasteiger partial charge >= 0.3 is 0 Å². The quantitative estimate of drug-likeness (QED) is 0.0222. The minimum Gasteiger partial charge on any atom is -0.394 e. The molecule has 1 amide bonds. The summed E-state index contributed by atoms with van der Waals surface area (Å²) in [5, 5.41) is 86.2. The van der Waals surface area contributed by atoms with Crippen LogP contribution in [0, 0.1) is 0 Å². The minimum atomic E-state index is -1.77. The van der Waals surface area contributed by atoms with Crippen LogP contribution in [-0.2, 0) is 14.3 Å². The molecular formula is C48H91NO11. The number of unbranched alkanes of at least 4 members (excludes halogenated alkanes) is 25. The number of rotatable bonds is 40. The van der Waals surface area contributed by atoms with Crippen molar-refractivity contribution in [3.8, 4) is 0 Å². The van der Waals surface area contributed by atoms with Crippen LogP contribution in [0.2, 0.25) is 0 Å². The maximum Gasteiger partial charge on any atom is 0.249 e. The molecule has 0 aromatic heterocycles. The lowest BCUT2D eigenvalue weighted by Gasteiger charge is -2.40. The first-order valence-corrected chi connectivity index (χ1v) is 24.3. The van der Waals surface area contributed by atoms with Gasteiger partial charge in [0.25, 0.3) is 0 Å². The highest BCUT2D eigenvalue weighted by Crippen LogP contribution is 2.23. The fourth-order valence-corrected chi connectivity index (χ4v) is 7.69. The molecule has 0 bridgehead atoms. The molecule has 1 aliphatic heterocycles. The number of hydrogen-bond donors (Lipinski definition) is 9. The van der Waals surface area contributed by atoms with Crippen LogP contribution in [-0.4, -0.2) is 121 Å². The van der Waals surface area contributed by atoms with Gasteiger partial charge in [0.15, 0.2) is 6.29 Å². The van der Waals surface area contributed by atoms with Crippen molar-refractivity contribution < 1.29 is 55.1 Å². The van der Waals surface area contributed by atoms with Gasteiger partial charge in [-0.05, 0) is 44.9 Å². The van der Waals surface area contributed by atoms with Gasteiger partial charge in [0.05, 0.1) is 19.3 Å². The smallest absolute Gasteiger partial charge is 0.249 e. The Hall–Kier alpha value is -1.45. The zero-order valence-electron chi connectivity index (χ0n) is 37.8. The Morgan fingerprint density at radius 3 is 1.48 bits per heavy atom. The highest BCUT2D eigenvalue weighted by molar-refractivity contribution is 5.80. The standard InChI is InChI=1S/C48H91NO11/c1-3-5-7-9-11-13-15-16-17-18-19-20-21-22-23-25-27-29-31-33-35-40(52)47(58)49-38(37-59-48-46(57)45(56)44(55)41(36-50)60-48)42(53)43(54)39(51)34-32-30-28-26-24-14-12-10-8-6-4-2/h16-17,32,34,38-46,48,50-57H,3-15,18-31,33,35-37H2,1-2H3,(H,49,58). The highest BCUT2D eigenvalue weighted by atomic mass is 16.7. The molecule has 1 saturated heterocycles. The van der Waals surface area contributed by atoms with E-state index in [1.165, 1.54) is 128 Å². The molecule has 354 valence electrons. The lowest BCUT2D eigenvalue weighted by atomic mass is 9.98. The van der Waals surface area contributed by atoms with Crippen LogP contribution in [0.1, 0.15) is 200 Å². The van der Waals surface area contributed by atoms with Crippen molar-refractivity contribution in [2.75, 3.05) is 13.2 Å². The second-order valence-corrected chi connectivity index (χ2v) is 17.3. The Bertz CT molecular complexity index is 1050. The summed E-state index contributed by atoms with van der Waals surface area (Å²) in [7, 11) is 0. The summed E-state index contributed by atoms with van der Waals surface area (Å²) in [6, 6.07) is -1.37. The third-order valence-electron chi connectivity index (χ3n) is 11.8. The van der Waals surface area contributed by atoms with Gasteiger partial charge in [-0.25, -0.2) is 0 Å². The molecule has 10 atom stereocenters. The Morgan fingerprint density at radius 1 is 0.583 bits per heavy atom. The largest absolute Gasteiger partial charge is 0.394 e. The van der Waals surface area contributed by atoms with E-state index in [2.05, 4.69) is 31.3 Å². The minimum absolute atomic E-state index is 0.197. The monoisotopic (exact) mass is 858 g/mol. The van der Waals surface area contributed by atoms with E-state index < -0.39 is 80.3 Å². The summed E-state index contributed by atoms with van der Waals surface area (Å²) < 4.78 is 11.0. The molecule has 0 aromatic rings. The number of amides is 1. The zero-order valence-corrected chi connectivity index (χ0v) is 37.8. The van der Waals surface area contributed by atoms with Gasteiger partial charge in [0.2, 0.25) is 5.91 Å². The van der Waals surface area contributed by atoms with E-state index in [0.29, 0.717) is 12.8 Å². The summed E-state index contributed by atoms with van der Waals surface area (Å²) in [6.45, 7) is 3.22. The fraction of sp³-hybridized carbons (Fsp3) is 0.896. The van der Waals surface area contributed by atoms with Crippen molar-refractivity contribution >= 4 is 5.91 Å². The van der Waals surface area contributed by atoms with Gasteiger partial charge in [-0.1, -0.05) is 179 Å². The Morgan fingerprint density at radius 2 is 1.02 bits per heavy atom. The van der Waals surface area contributed by atoms with Crippen LogP contribution < -0.4 is 5.32 Å². The van der Waals surface area contributed by atoms with Crippen LogP contribution in [0.15, 0.2) is 24.3 Å². The average Bonchev–Trinajstić information content (AvgIpc) is 3.25. The van der Waals surface area contributed by atoms with Gasteiger partial charge in [-0.15, -0.1) is 0 Å². The lowest BCUT2D eigenvalue weighted by molar-refractivity contribution is -0.303. The van der Waals surface area contributed by atoms with Crippen LogP contribution >= 0.6 is 0 Å². The number of allylic oxidation sites excluding steroid dienone is 3. The maximum absolute atomic E-state index is 13.1. The van der Waals surface area contributed by atoms with E-state index in [9.17, 15) is 45.6 Å². The van der Waals surface area contributed by atoms with E-state index in [0.717, 1.165) is 44.9 Å². The second kappa shape index (κ2) is 38.0. The third-order valence-corrected chi connectivity index (χ3v) is 11.8. The number of carbonyl (C=O) groups is 1. The molecule has 1 fully saturated rings. The van der Waals surface area contributed by atoms with E-state index >= 15 is 0 Å². The van der Waals surface area contributed by atoms with Gasteiger partial charge in [0, 0.05) is 0 Å². The molecule has 12 nitrogen and oxygen atoms in total. The van der Waals surface area contributed by atoms with Crippen LogP contribution in [0.3, 0.4) is 0 Å². The Labute approximate surface area is 364 Å².